The Morgan fingerprint density at radius 1 is 1.53 bits per heavy atom. The Kier molecular flexibility index (Phi) is 5.23. The lowest BCUT2D eigenvalue weighted by Gasteiger charge is -2.13. The van der Waals surface area contributed by atoms with Crippen LogP contribution in [0.3, 0.4) is 0 Å². The molecule has 1 unspecified atom stereocenters. The van der Waals surface area contributed by atoms with Crippen LogP contribution in [0.5, 0.6) is 0 Å². The summed E-state index contributed by atoms with van der Waals surface area (Å²) in [6, 6.07) is 3.30. The first-order valence-corrected chi connectivity index (χ1v) is 5.74. The van der Waals surface area contributed by atoms with E-state index in [1.807, 2.05) is 0 Å². The van der Waals surface area contributed by atoms with E-state index in [0.717, 1.165) is 13.2 Å². The maximum absolute atomic E-state index is 13.6. The van der Waals surface area contributed by atoms with Crippen LogP contribution in [0.4, 0.5) is 15.8 Å². The average Bonchev–Trinajstić information content (AvgIpc) is 2.38. The average molecular weight is 271 g/mol. The summed E-state index contributed by atoms with van der Waals surface area (Å²) in [6.07, 6.45) is 0. The van der Waals surface area contributed by atoms with Gasteiger partial charge in [0.2, 0.25) is 5.82 Å². The van der Waals surface area contributed by atoms with Gasteiger partial charge in [-0.05, 0) is 26.0 Å². The number of nitrogens with one attached hydrogen (secondary N) is 1. The van der Waals surface area contributed by atoms with Crippen molar-refractivity contribution in [3.05, 3.63) is 28.9 Å². The zero-order chi connectivity index (χ0) is 14.4. The van der Waals surface area contributed by atoms with Crippen LogP contribution in [-0.4, -0.2) is 30.7 Å². The number of carbonyl (C=O) groups is 1. The Morgan fingerprint density at radius 3 is 2.79 bits per heavy atom. The molecule has 0 fully saturated rings. The Labute approximate surface area is 110 Å². The largest absolute Gasteiger partial charge is 0.464 e. The van der Waals surface area contributed by atoms with Crippen LogP contribution in [0.1, 0.15) is 13.8 Å². The van der Waals surface area contributed by atoms with Crippen molar-refractivity contribution in [1.29, 1.82) is 0 Å². The number of rotatable bonds is 6. The summed E-state index contributed by atoms with van der Waals surface area (Å²) >= 11 is 0. The van der Waals surface area contributed by atoms with E-state index in [-0.39, 0.29) is 22.9 Å². The van der Waals surface area contributed by atoms with Gasteiger partial charge in [-0.15, -0.1) is 0 Å². The topological polar surface area (TPSA) is 67.6 Å². The van der Waals surface area contributed by atoms with Gasteiger partial charge in [-0.3, -0.25) is 0 Å². The summed E-state index contributed by atoms with van der Waals surface area (Å²) in [5.41, 5.74) is -0.168. The van der Waals surface area contributed by atoms with Gasteiger partial charge in [0.1, 0.15) is 11.7 Å². The van der Waals surface area contributed by atoms with Crippen molar-refractivity contribution < 1.29 is 23.7 Å². The number of esters is 1. The minimum atomic E-state index is -0.752. The fourth-order valence-electron chi connectivity index (χ4n) is 1.47. The molecule has 0 aromatic heterocycles. The van der Waals surface area contributed by atoms with Crippen molar-refractivity contribution in [3.8, 4) is 0 Å². The highest BCUT2D eigenvalue weighted by Gasteiger charge is 2.28. The molecule has 1 atom stereocenters. The van der Waals surface area contributed by atoms with Gasteiger partial charge in [-0.1, -0.05) is 6.07 Å². The van der Waals surface area contributed by atoms with E-state index in [9.17, 15) is 14.1 Å². The maximum Gasteiger partial charge on any atom is 0.374 e. The minimum absolute atomic E-state index is 0.0372. The van der Waals surface area contributed by atoms with Crippen molar-refractivity contribution in [2.24, 2.45) is 0 Å². The molecule has 1 aromatic rings. The number of carbonyl (C=O) groups excluding carboxylic acids is 1. The zero-order valence-corrected chi connectivity index (χ0v) is 11.0. The van der Waals surface area contributed by atoms with E-state index in [1.54, 1.807) is 13.8 Å². The fraction of sp³-hybridized carbons (Fsp3) is 0.417. The quantitative estimate of drug-likeness (QED) is 0.634. The van der Waals surface area contributed by atoms with Gasteiger partial charge in [-0.25, -0.2) is 9.63 Å². The van der Waals surface area contributed by atoms with Crippen LogP contribution >= 0.6 is 0 Å². The number of para-hydroxylation sites is 1. The molecule has 0 bridgehead atoms. The molecule has 1 rings (SSSR count). The summed E-state index contributed by atoms with van der Waals surface area (Å²) in [7, 11) is 1.12. The molecule has 0 spiro atoms. The van der Waals surface area contributed by atoms with Crippen molar-refractivity contribution in [1.82, 2.24) is 0 Å². The van der Waals surface area contributed by atoms with Gasteiger partial charge in [0.15, 0.2) is 7.11 Å². The molecule has 1 N–H and O–H groups in total. The van der Waals surface area contributed by atoms with Gasteiger partial charge >= 0.3 is 11.7 Å². The highest BCUT2D eigenvalue weighted by molar-refractivity contribution is 5.80. The molecule has 0 aliphatic heterocycles. The first-order valence-electron chi connectivity index (χ1n) is 5.74. The molecule has 0 amide bonds. The number of halogens is 1. The monoisotopic (exact) mass is 271 g/mol. The maximum atomic E-state index is 13.6. The van der Waals surface area contributed by atoms with E-state index in [2.05, 4.69) is 10.2 Å². The summed E-state index contributed by atoms with van der Waals surface area (Å²) in [4.78, 5) is 27.4. The van der Waals surface area contributed by atoms with Gasteiger partial charge in [0.05, 0.1) is 11.5 Å². The van der Waals surface area contributed by atoms with Gasteiger partial charge in [0, 0.05) is 0 Å². The number of hydrogen-bond donors (Lipinski definition) is 1. The molecule has 6 nitrogen and oxygen atoms in total. The third kappa shape index (κ3) is 3.64. The summed E-state index contributed by atoms with van der Waals surface area (Å²) in [6.45, 7) is 3.48. The number of nitrogens with zero attached hydrogens (tertiary/aromatic N) is 1. The third-order valence-corrected chi connectivity index (χ3v) is 2.35. The van der Waals surface area contributed by atoms with E-state index in [1.165, 1.54) is 12.1 Å². The lowest BCUT2D eigenvalue weighted by Crippen LogP contribution is -2.28. The van der Waals surface area contributed by atoms with Crippen molar-refractivity contribution >= 4 is 17.3 Å². The summed E-state index contributed by atoms with van der Waals surface area (Å²) in [5.74, 6) is -1.24. The van der Waals surface area contributed by atoms with E-state index < -0.39 is 17.8 Å². The second-order valence-corrected chi connectivity index (χ2v) is 3.69. The lowest BCUT2D eigenvalue weighted by molar-refractivity contribution is -0.737. The number of hydrogen-bond acceptors (Lipinski definition) is 5. The highest BCUT2D eigenvalue weighted by atomic mass is 19.1. The predicted octanol–water partition coefficient (Wildman–Crippen LogP) is 2.16. The smallest absolute Gasteiger partial charge is 0.374 e. The number of anilines is 1. The normalized spacial score (nSPS) is 11.6. The Balaban J connectivity index is 2.98. The molecular weight excluding hydrogens is 255 g/mol. The Bertz CT molecular complexity index is 479. The molecule has 0 aliphatic rings. The molecule has 1 aromatic carbocycles. The Morgan fingerprint density at radius 2 is 2.21 bits per heavy atom. The van der Waals surface area contributed by atoms with Crippen molar-refractivity contribution in [2.75, 3.05) is 19.0 Å². The molecule has 19 heavy (non-hydrogen) atoms. The van der Waals surface area contributed by atoms with Crippen LogP contribution in [0, 0.1) is 10.7 Å². The van der Waals surface area contributed by atoms with Crippen LogP contribution in [-0.2, 0) is 14.4 Å². The lowest BCUT2D eigenvalue weighted by atomic mass is 10.2. The van der Waals surface area contributed by atoms with Crippen molar-refractivity contribution in [3.63, 3.8) is 0 Å². The molecule has 7 heteroatoms. The van der Waals surface area contributed by atoms with Crippen LogP contribution < -0.4 is 5.32 Å². The highest BCUT2D eigenvalue weighted by Crippen LogP contribution is 2.28. The number of ether oxygens (including phenoxy) is 1. The van der Waals surface area contributed by atoms with Gasteiger partial charge < -0.3 is 10.1 Å². The van der Waals surface area contributed by atoms with E-state index in [0.29, 0.717) is 0 Å². The second-order valence-electron chi connectivity index (χ2n) is 3.69. The SMILES string of the molecule is CCOC(=O)C(C)Nc1cccc(F)c1[N+](=O)OC. The van der Waals surface area contributed by atoms with E-state index >= 15 is 0 Å². The van der Waals surface area contributed by atoms with E-state index in [4.69, 9.17) is 4.74 Å². The van der Waals surface area contributed by atoms with Crippen molar-refractivity contribution in [2.45, 2.75) is 19.9 Å². The van der Waals surface area contributed by atoms with Gasteiger partial charge in [-0.2, -0.15) is 4.39 Å². The third-order valence-electron chi connectivity index (χ3n) is 2.35. The van der Waals surface area contributed by atoms with Crippen LogP contribution in [0.2, 0.25) is 0 Å². The summed E-state index contributed by atoms with van der Waals surface area (Å²) in [5, 5.41) is 2.71. The first kappa shape index (κ1) is 14.9. The molecule has 0 radical (unpaired) electrons. The van der Waals surface area contributed by atoms with Crippen LogP contribution in [0.25, 0.3) is 0 Å². The second kappa shape index (κ2) is 6.67. The first-order chi connectivity index (χ1) is 9.01. The molecule has 0 saturated carbocycles. The van der Waals surface area contributed by atoms with Gasteiger partial charge in [0.25, 0.3) is 4.92 Å². The molecule has 104 valence electrons. The standard InChI is InChI=1S/C12H16FN2O4/c1-4-19-12(16)8(2)14-10-7-5-6-9(13)11(10)15(17)18-3/h5-8,14H,4H2,1-3H3/q+1. The predicted molar refractivity (Wildman–Crippen MR) is 66.4 cm³/mol. The minimum Gasteiger partial charge on any atom is -0.464 e. The fourth-order valence-corrected chi connectivity index (χ4v) is 1.47. The molecular formula is C12H16FN2O4+. The number of benzene rings is 1. The Hall–Kier alpha value is -2.18. The zero-order valence-electron chi connectivity index (χ0n) is 11.0. The summed E-state index contributed by atoms with van der Waals surface area (Å²) < 4.78 is 18.4. The molecule has 0 saturated heterocycles. The molecule has 0 heterocycles. The molecule has 0 aliphatic carbocycles. The van der Waals surface area contributed by atoms with Crippen LogP contribution in [0.15, 0.2) is 18.2 Å².